The second kappa shape index (κ2) is 6.45. The first kappa shape index (κ1) is 16.2. The minimum absolute atomic E-state index is 0.408. The van der Waals surface area contributed by atoms with Gasteiger partial charge in [-0.25, -0.2) is 0 Å². The molecule has 0 radical (unpaired) electrons. The molecule has 4 aliphatic carbocycles. The molecule has 4 rings (SSSR count). The Hall–Kier alpha value is -0.663. The lowest BCUT2D eigenvalue weighted by atomic mass is 9.50. The van der Waals surface area contributed by atoms with Crippen molar-refractivity contribution in [1.29, 1.82) is 0 Å². The van der Waals surface area contributed by atoms with Crippen LogP contribution >= 0.6 is 0 Å². The van der Waals surface area contributed by atoms with Crippen molar-refractivity contribution in [2.45, 2.75) is 83.8 Å². The van der Waals surface area contributed by atoms with Crippen molar-refractivity contribution in [3.8, 4) is 23.3 Å². The van der Waals surface area contributed by atoms with Gasteiger partial charge in [-0.05, 0) is 74.4 Å². The van der Waals surface area contributed by atoms with Gasteiger partial charge in [0.25, 0.3) is 0 Å². The lowest BCUT2D eigenvalue weighted by Crippen LogP contribution is -2.45. The number of hydrogen-bond acceptors (Lipinski definition) is 0. The van der Waals surface area contributed by atoms with Gasteiger partial charge in [-0.2, -0.15) is 0 Å². The van der Waals surface area contributed by atoms with Crippen molar-refractivity contribution in [3.63, 3.8) is 0 Å². The Bertz CT molecular complexity index is 474. The summed E-state index contributed by atoms with van der Waals surface area (Å²) in [5.74, 6) is 13.7. The van der Waals surface area contributed by atoms with Crippen molar-refractivity contribution < 1.29 is 0 Å². The van der Waals surface area contributed by atoms with E-state index >= 15 is 0 Å². The summed E-state index contributed by atoms with van der Waals surface area (Å²) in [4.78, 5) is 0. The van der Waals surface area contributed by atoms with Crippen LogP contribution in [0.2, 0.25) is 18.1 Å². The fourth-order valence-corrected chi connectivity index (χ4v) is 8.28. The van der Waals surface area contributed by atoms with Crippen LogP contribution in [-0.4, -0.2) is 8.07 Å². The van der Waals surface area contributed by atoms with Crippen LogP contribution in [0.25, 0.3) is 0 Å². The molecule has 0 aliphatic heterocycles. The second-order valence-electron chi connectivity index (χ2n) is 8.32. The van der Waals surface area contributed by atoms with E-state index in [0.29, 0.717) is 5.41 Å². The Kier molecular flexibility index (Phi) is 4.75. The van der Waals surface area contributed by atoms with Gasteiger partial charge in [-0.3, -0.25) is 0 Å². The lowest BCUT2D eigenvalue weighted by Gasteiger charge is -2.54. The molecule has 0 unspecified atom stereocenters. The summed E-state index contributed by atoms with van der Waals surface area (Å²) in [6.45, 7) is 6.99. The van der Waals surface area contributed by atoms with Crippen molar-refractivity contribution in [2.75, 3.05) is 0 Å². The van der Waals surface area contributed by atoms with Crippen molar-refractivity contribution in [3.05, 3.63) is 0 Å². The largest absolute Gasteiger partial charge is 0.137 e. The summed E-state index contributed by atoms with van der Waals surface area (Å²) in [6.07, 6.45) is 9.55. The highest BCUT2D eigenvalue weighted by Gasteiger charge is 2.50. The normalized spacial score (nSPS) is 35.5. The van der Waals surface area contributed by atoms with Gasteiger partial charge in [-0.1, -0.05) is 38.5 Å². The molecule has 0 aromatic heterocycles. The number of hydrogen-bond donors (Lipinski definition) is 0. The second-order valence-corrected chi connectivity index (χ2v) is 13.3. The fraction of sp³-hybridized carbons (Fsp3) is 0.810. The van der Waals surface area contributed by atoms with Crippen LogP contribution in [0.5, 0.6) is 0 Å². The molecular formula is C21H32Si. The zero-order chi connectivity index (χ0) is 15.6. The highest BCUT2D eigenvalue weighted by Crippen LogP contribution is 2.59. The first-order chi connectivity index (χ1) is 10.6. The third-order valence-electron chi connectivity index (χ3n) is 6.95. The van der Waals surface area contributed by atoms with Crippen LogP contribution in [0.3, 0.4) is 0 Å². The van der Waals surface area contributed by atoms with Gasteiger partial charge in [-0.15, -0.1) is 5.54 Å². The van der Waals surface area contributed by atoms with Crippen molar-refractivity contribution >= 4 is 8.07 Å². The van der Waals surface area contributed by atoms with Gasteiger partial charge < -0.3 is 0 Å². The van der Waals surface area contributed by atoms with Crippen LogP contribution in [0.15, 0.2) is 0 Å². The Labute approximate surface area is 138 Å². The van der Waals surface area contributed by atoms with Crippen LogP contribution < -0.4 is 0 Å². The fourth-order valence-electron chi connectivity index (χ4n) is 5.79. The third-order valence-corrected chi connectivity index (χ3v) is 11.7. The first-order valence-corrected chi connectivity index (χ1v) is 12.2. The van der Waals surface area contributed by atoms with E-state index in [9.17, 15) is 0 Å². The molecule has 120 valence electrons. The zero-order valence-corrected chi connectivity index (χ0v) is 15.8. The molecule has 0 spiro atoms. The van der Waals surface area contributed by atoms with Gasteiger partial charge in [0.1, 0.15) is 8.07 Å². The van der Waals surface area contributed by atoms with Crippen molar-refractivity contribution in [2.24, 2.45) is 23.2 Å². The topological polar surface area (TPSA) is 0 Å². The summed E-state index contributed by atoms with van der Waals surface area (Å²) in [7, 11) is -1.27. The molecule has 22 heavy (non-hydrogen) atoms. The highest BCUT2D eigenvalue weighted by atomic mass is 28.3. The maximum atomic E-state index is 3.73. The average molecular weight is 313 g/mol. The molecule has 0 aromatic carbocycles. The van der Waals surface area contributed by atoms with E-state index in [4.69, 9.17) is 0 Å². The van der Waals surface area contributed by atoms with Gasteiger partial charge in [0.2, 0.25) is 0 Å². The molecular weight excluding hydrogens is 280 g/mol. The standard InChI is InChI=1S/C21H32Si/c1-4-22(5-2,6-3)11-9-7-8-10-21-15-18-12-19(16-21)14-20(13-18)17-21/h18-20H,4-7,12-17H2,1-3H3. The van der Waals surface area contributed by atoms with Gasteiger partial charge >= 0.3 is 0 Å². The minimum atomic E-state index is -1.27. The van der Waals surface area contributed by atoms with Crippen molar-refractivity contribution in [1.82, 2.24) is 0 Å². The molecule has 0 N–H and O–H groups in total. The molecule has 4 bridgehead atoms. The van der Waals surface area contributed by atoms with E-state index < -0.39 is 8.07 Å². The molecule has 4 saturated carbocycles. The molecule has 0 amide bonds. The quantitative estimate of drug-likeness (QED) is 0.467. The molecule has 0 saturated heterocycles. The van der Waals surface area contributed by atoms with Crippen LogP contribution in [0.1, 0.15) is 65.7 Å². The van der Waals surface area contributed by atoms with Crippen LogP contribution in [-0.2, 0) is 0 Å². The molecule has 4 fully saturated rings. The predicted octanol–water partition coefficient (Wildman–Crippen LogP) is 5.65. The summed E-state index contributed by atoms with van der Waals surface area (Å²) in [5.41, 5.74) is 4.09. The summed E-state index contributed by atoms with van der Waals surface area (Å²) in [5, 5.41) is 0. The molecule has 1 heteroatoms. The summed E-state index contributed by atoms with van der Waals surface area (Å²) in [6, 6.07) is 3.90. The minimum Gasteiger partial charge on any atom is -0.130 e. The zero-order valence-electron chi connectivity index (χ0n) is 14.8. The molecule has 0 aromatic rings. The predicted molar refractivity (Wildman–Crippen MR) is 98.0 cm³/mol. The van der Waals surface area contributed by atoms with Gasteiger partial charge in [0.05, 0.1) is 6.42 Å². The van der Waals surface area contributed by atoms with E-state index in [1.54, 1.807) is 0 Å². The average Bonchev–Trinajstić information content (AvgIpc) is 2.50. The van der Waals surface area contributed by atoms with E-state index in [1.165, 1.54) is 56.7 Å². The summed E-state index contributed by atoms with van der Waals surface area (Å²) >= 11 is 0. The Morgan fingerprint density at radius 1 is 0.818 bits per heavy atom. The Morgan fingerprint density at radius 3 is 1.77 bits per heavy atom. The Morgan fingerprint density at radius 2 is 1.32 bits per heavy atom. The maximum Gasteiger partial charge on any atom is 0.137 e. The smallest absolute Gasteiger partial charge is 0.130 e. The van der Waals surface area contributed by atoms with E-state index in [2.05, 4.69) is 44.1 Å². The van der Waals surface area contributed by atoms with Gasteiger partial charge in [0, 0.05) is 5.41 Å². The Balaban J connectivity index is 1.63. The van der Waals surface area contributed by atoms with Crippen LogP contribution in [0, 0.1) is 46.5 Å². The lowest BCUT2D eigenvalue weighted by molar-refractivity contribution is -0.0181. The van der Waals surface area contributed by atoms with Crippen LogP contribution in [0.4, 0.5) is 0 Å². The molecule has 4 aliphatic rings. The monoisotopic (exact) mass is 312 g/mol. The maximum absolute atomic E-state index is 3.73. The molecule has 0 nitrogen and oxygen atoms in total. The third kappa shape index (κ3) is 3.16. The number of rotatable bonds is 3. The highest BCUT2D eigenvalue weighted by molar-refractivity contribution is 6.87. The molecule has 0 atom stereocenters. The first-order valence-electron chi connectivity index (χ1n) is 9.62. The van der Waals surface area contributed by atoms with Gasteiger partial charge in [0.15, 0.2) is 0 Å². The summed E-state index contributed by atoms with van der Waals surface area (Å²) < 4.78 is 0. The van der Waals surface area contributed by atoms with E-state index in [0.717, 1.165) is 24.2 Å². The molecule has 0 heterocycles. The van der Waals surface area contributed by atoms with E-state index in [-0.39, 0.29) is 0 Å². The SMILES string of the molecule is CC[Si](C#CCC#CC12CC3CC(CC(C3)C1)C2)(CC)CC. The van der Waals surface area contributed by atoms with E-state index in [1.807, 2.05) is 0 Å².